The molecule has 0 aliphatic carbocycles. The number of piperidine rings is 1. The Morgan fingerprint density at radius 2 is 1.79 bits per heavy atom. The smallest absolute Gasteiger partial charge is 0.253 e. The van der Waals surface area contributed by atoms with Crippen LogP contribution in [0.2, 0.25) is 0 Å². The van der Waals surface area contributed by atoms with Crippen molar-refractivity contribution in [3.05, 3.63) is 65.4 Å². The van der Waals surface area contributed by atoms with E-state index in [4.69, 9.17) is 0 Å². The number of aromatic amines is 1. The molecule has 0 unspecified atom stereocenters. The van der Waals surface area contributed by atoms with Crippen LogP contribution in [0, 0.1) is 6.92 Å². The second kappa shape index (κ2) is 7.50. The van der Waals surface area contributed by atoms with Crippen LogP contribution in [0.25, 0.3) is 10.9 Å². The van der Waals surface area contributed by atoms with E-state index in [1.165, 1.54) is 29.0 Å². The van der Waals surface area contributed by atoms with E-state index < -0.39 is 0 Å². The number of likely N-dealkylation sites (tertiary alicyclic amines) is 1. The minimum absolute atomic E-state index is 0.0580. The van der Waals surface area contributed by atoms with Crippen LogP contribution in [-0.2, 0) is 4.79 Å². The molecule has 2 N–H and O–H groups in total. The van der Waals surface area contributed by atoms with Crippen LogP contribution in [0.1, 0.15) is 47.2 Å². The summed E-state index contributed by atoms with van der Waals surface area (Å²) in [5.74, 6) is 0.415. The first kappa shape index (κ1) is 18.3. The lowest BCUT2D eigenvalue weighted by atomic mass is 9.88. The number of benzene rings is 2. The number of hydrogen-bond acceptors (Lipinski definition) is 2. The van der Waals surface area contributed by atoms with Gasteiger partial charge in [0.1, 0.15) is 0 Å². The fourth-order valence-corrected chi connectivity index (χ4v) is 4.07. The second-order valence-electron chi connectivity index (χ2n) is 7.62. The molecular weight excluding hydrogens is 350 g/mol. The summed E-state index contributed by atoms with van der Waals surface area (Å²) >= 11 is 0. The van der Waals surface area contributed by atoms with Gasteiger partial charge in [0.15, 0.2) is 0 Å². The number of nitrogens with one attached hydrogen (secondary N) is 2. The van der Waals surface area contributed by atoms with Gasteiger partial charge in [0, 0.05) is 48.4 Å². The molecule has 1 saturated heterocycles. The van der Waals surface area contributed by atoms with Gasteiger partial charge in [-0.15, -0.1) is 0 Å². The van der Waals surface area contributed by atoms with E-state index in [0.717, 1.165) is 25.9 Å². The molecule has 0 spiro atoms. The molecule has 1 aromatic heterocycles. The van der Waals surface area contributed by atoms with Gasteiger partial charge >= 0.3 is 0 Å². The molecule has 5 nitrogen and oxygen atoms in total. The Bertz CT molecular complexity index is 1010. The maximum atomic E-state index is 12.8. The van der Waals surface area contributed by atoms with Crippen molar-refractivity contribution in [2.75, 3.05) is 18.4 Å². The molecule has 0 radical (unpaired) electrons. The number of aromatic nitrogens is 1. The summed E-state index contributed by atoms with van der Waals surface area (Å²) in [5.41, 5.74) is 5.18. The molecule has 1 aliphatic heterocycles. The van der Waals surface area contributed by atoms with Gasteiger partial charge in [-0.1, -0.05) is 11.6 Å². The Morgan fingerprint density at radius 1 is 1.07 bits per heavy atom. The lowest BCUT2D eigenvalue weighted by Crippen LogP contribution is -2.37. The van der Waals surface area contributed by atoms with Crippen molar-refractivity contribution in [2.24, 2.45) is 0 Å². The van der Waals surface area contributed by atoms with E-state index in [0.29, 0.717) is 17.2 Å². The molecule has 1 fully saturated rings. The van der Waals surface area contributed by atoms with Crippen molar-refractivity contribution in [1.29, 1.82) is 0 Å². The van der Waals surface area contributed by atoms with Crippen molar-refractivity contribution in [3.8, 4) is 0 Å². The quantitative estimate of drug-likeness (QED) is 0.710. The fourth-order valence-electron chi connectivity index (χ4n) is 4.07. The zero-order chi connectivity index (χ0) is 19.7. The number of amides is 2. The number of anilines is 1. The Balaban J connectivity index is 1.42. The predicted octanol–water partition coefficient (Wildman–Crippen LogP) is 4.45. The van der Waals surface area contributed by atoms with Gasteiger partial charge in [-0.25, -0.2) is 0 Å². The second-order valence-corrected chi connectivity index (χ2v) is 7.62. The normalized spacial score (nSPS) is 15.0. The summed E-state index contributed by atoms with van der Waals surface area (Å²) in [4.78, 5) is 29.3. The van der Waals surface area contributed by atoms with Crippen molar-refractivity contribution >= 4 is 28.4 Å². The molecule has 144 valence electrons. The third-order valence-corrected chi connectivity index (χ3v) is 5.54. The maximum Gasteiger partial charge on any atom is 0.253 e. The molecule has 2 amide bonds. The largest absolute Gasteiger partial charge is 0.361 e. The van der Waals surface area contributed by atoms with Crippen molar-refractivity contribution in [2.45, 2.75) is 32.6 Å². The predicted molar refractivity (Wildman–Crippen MR) is 112 cm³/mol. The molecule has 3 aromatic rings. The lowest BCUT2D eigenvalue weighted by Gasteiger charge is -2.32. The van der Waals surface area contributed by atoms with Crippen LogP contribution < -0.4 is 5.32 Å². The highest BCUT2D eigenvalue weighted by molar-refractivity contribution is 5.95. The highest BCUT2D eigenvalue weighted by Crippen LogP contribution is 2.34. The summed E-state index contributed by atoms with van der Waals surface area (Å²) in [6.07, 6.45) is 4.07. The van der Waals surface area contributed by atoms with E-state index in [-0.39, 0.29) is 11.8 Å². The van der Waals surface area contributed by atoms with Crippen molar-refractivity contribution in [1.82, 2.24) is 9.88 Å². The van der Waals surface area contributed by atoms with Crippen molar-refractivity contribution < 1.29 is 9.59 Å². The lowest BCUT2D eigenvalue weighted by molar-refractivity contribution is -0.114. The number of carbonyl (C=O) groups excluding carboxylic acids is 2. The highest BCUT2D eigenvalue weighted by atomic mass is 16.2. The topological polar surface area (TPSA) is 65.2 Å². The average molecular weight is 375 g/mol. The Kier molecular flexibility index (Phi) is 4.90. The van der Waals surface area contributed by atoms with Gasteiger partial charge < -0.3 is 15.2 Å². The Labute approximate surface area is 164 Å². The molecule has 5 heteroatoms. The molecule has 0 saturated carbocycles. The highest BCUT2D eigenvalue weighted by Gasteiger charge is 2.26. The van der Waals surface area contributed by atoms with Gasteiger partial charge in [0.2, 0.25) is 5.91 Å². The summed E-state index contributed by atoms with van der Waals surface area (Å²) in [5, 5.41) is 4.03. The number of carbonyl (C=O) groups is 2. The van der Waals surface area contributed by atoms with Crippen molar-refractivity contribution in [3.63, 3.8) is 0 Å². The zero-order valence-electron chi connectivity index (χ0n) is 16.3. The number of rotatable bonds is 3. The van der Waals surface area contributed by atoms with E-state index >= 15 is 0 Å². The number of H-pyrrole nitrogens is 1. The maximum absolute atomic E-state index is 12.8. The van der Waals surface area contributed by atoms with E-state index in [1.54, 1.807) is 24.3 Å². The molecule has 28 heavy (non-hydrogen) atoms. The van der Waals surface area contributed by atoms with Gasteiger partial charge in [0.25, 0.3) is 5.91 Å². The molecule has 0 atom stereocenters. The van der Waals surface area contributed by atoms with Crippen LogP contribution in [-0.4, -0.2) is 34.8 Å². The number of hydrogen-bond donors (Lipinski definition) is 2. The minimum Gasteiger partial charge on any atom is -0.361 e. The first-order valence-corrected chi connectivity index (χ1v) is 9.76. The first-order chi connectivity index (χ1) is 13.5. The summed E-state index contributed by atoms with van der Waals surface area (Å²) in [7, 11) is 0. The average Bonchev–Trinajstić information content (AvgIpc) is 3.11. The Morgan fingerprint density at radius 3 is 2.46 bits per heavy atom. The van der Waals surface area contributed by atoms with E-state index in [9.17, 15) is 9.59 Å². The number of aryl methyl sites for hydroxylation is 1. The van der Waals surface area contributed by atoms with Gasteiger partial charge in [-0.2, -0.15) is 0 Å². The fraction of sp³-hybridized carbons (Fsp3) is 0.304. The molecule has 1 aliphatic rings. The summed E-state index contributed by atoms with van der Waals surface area (Å²) < 4.78 is 0. The molecule has 0 bridgehead atoms. The van der Waals surface area contributed by atoms with Crippen LogP contribution in [0.3, 0.4) is 0 Å². The molecule has 2 heterocycles. The zero-order valence-corrected chi connectivity index (χ0v) is 16.3. The monoisotopic (exact) mass is 375 g/mol. The van der Waals surface area contributed by atoms with Gasteiger partial charge in [0.05, 0.1) is 0 Å². The standard InChI is InChI=1S/C23H25N3O2/c1-15-3-8-22-20(13-15)21(14-24-22)17-9-11-26(12-10-17)23(28)18-4-6-19(7-5-18)25-16(2)27/h3-8,13-14,17,24H,9-12H2,1-2H3,(H,25,27). The molecule has 2 aromatic carbocycles. The van der Waals surface area contributed by atoms with Gasteiger partial charge in [-0.3, -0.25) is 9.59 Å². The summed E-state index contributed by atoms with van der Waals surface area (Å²) in [6.45, 7) is 5.11. The van der Waals surface area contributed by atoms with Crippen LogP contribution in [0.15, 0.2) is 48.7 Å². The molecular formula is C23H25N3O2. The molecule has 4 rings (SSSR count). The number of fused-ring (bicyclic) bond motifs is 1. The minimum atomic E-state index is -0.117. The third-order valence-electron chi connectivity index (χ3n) is 5.54. The third kappa shape index (κ3) is 3.65. The Hall–Kier alpha value is -3.08. The van der Waals surface area contributed by atoms with Crippen LogP contribution in [0.5, 0.6) is 0 Å². The summed E-state index contributed by atoms with van der Waals surface area (Å²) in [6, 6.07) is 13.6. The van der Waals surface area contributed by atoms with Crippen LogP contribution >= 0.6 is 0 Å². The SMILES string of the molecule is CC(=O)Nc1ccc(C(=O)N2CCC(c3c[nH]c4ccc(C)cc34)CC2)cc1. The van der Waals surface area contributed by atoms with Gasteiger partial charge in [-0.05, 0) is 67.6 Å². The first-order valence-electron chi connectivity index (χ1n) is 9.76. The van der Waals surface area contributed by atoms with E-state index in [2.05, 4.69) is 41.6 Å². The number of nitrogens with zero attached hydrogens (tertiary/aromatic N) is 1. The van der Waals surface area contributed by atoms with Crippen LogP contribution in [0.4, 0.5) is 5.69 Å². The van der Waals surface area contributed by atoms with E-state index in [1.807, 2.05) is 4.90 Å².